The third-order valence-electron chi connectivity index (χ3n) is 3.64. The van der Waals surface area contributed by atoms with Crippen LogP contribution in [-0.4, -0.2) is 35.8 Å². The minimum atomic E-state index is -2.44. The largest absolute Gasteiger partial charge is 0.375 e. The normalized spacial score (nSPS) is 18.0. The Morgan fingerprint density at radius 3 is 2.80 bits per heavy atom. The Kier molecular flexibility index (Phi) is 5.85. The fourth-order valence-electron chi connectivity index (χ4n) is 2.56. The first-order valence-corrected chi connectivity index (χ1v) is 7.08. The van der Waals surface area contributed by atoms with Gasteiger partial charge in [-0.05, 0) is 18.8 Å². The van der Waals surface area contributed by atoms with Crippen molar-refractivity contribution in [3.05, 3.63) is 11.7 Å². The number of hydrogen-bond acceptors (Lipinski definition) is 5. The van der Waals surface area contributed by atoms with E-state index in [1.165, 1.54) is 25.7 Å². The SMILES string of the molecule is NC(Cc1nc(CCOCC(F)F)no1)C1CCCC1. The van der Waals surface area contributed by atoms with Gasteiger partial charge >= 0.3 is 0 Å². The second kappa shape index (κ2) is 7.64. The summed E-state index contributed by atoms with van der Waals surface area (Å²) in [5, 5.41) is 3.80. The van der Waals surface area contributed by atoms with E-state index in [-0.39, 0.29) is 12.6 Å². The molecular formula is C13H21F2N3O2. The summed E-state index contributed by atoms with van der Waals surface area (Å²) in [5.74, 6) is 1.54. The van der Waals surface area contributed by atoms with E-state index in [1.54, 1.807) is 0 Å². The van der Waals surface area contributed by atoms with Crippen LogP contribution in [0.3, 0.4) is 0 Å². The molecule has 1 aromatic rings. The van der Waals surface area contributed by atoms with Crippen LogP contribution in [0.15, 0.2) is 4.52 Å². The van der Waals surface area contributed by atoms with Crippen LogP contribution >= 0.6 is 0 Å². The van der Waals surface area contributed by atoms with Crippen LogP contribution < -0.4 is 5.73 Å². The van der Waals surface area contributed by atoms with Crippen molar-refractivity contribution in [2.75, 3.05) is 13.2 Å². The molecule has 1 fully saturated rings. The van der Waals surface area contributed by atoms with E-state index in [2.05, 4.69) is 10.1 Å². The fraction of sp³-hybridized carbons (Fsp3) is 0.846. The van der Waals surface area contributed by atoms with Crippen LogP contribution in [0.4, 0.5) is 8.78 Å². The minimum absolute atomic E-state index is 0.0564. The maximum atomic E-state index is 11.9. The molecule has 0 aromatic carbocycles. The Morgan fingerprint density at radius 2 is 2.10 bits per heavy atom. The van der Waals surface area contributed by atoms with Gasteiger partial charge in [-0.15, -0.1) is 0 Å². The molecule has 0 bridgehead atoms. The van der Waals surface area contributed by atoms with Crippen LogP contribution in [0.5, 0.6) is 0 Å². The van der Waals surface area contributed by atoms with E-state index in [0.717, 1.165) is 0 Å². The minimum Gasteiger partial charge on any atom is -0.375 e. The quantitative estimate of drug-likeness (QED) is 0.740. The molecule has 1 heterocycles. The summed E-state index contributed by atoms with van der Waals surface area (Å²) in [4.78, 5) is 4.21. The van der Waals surface area contributed by atoms with E-state index in [0.29, 0.717) is 30.5 Å². The van der Waals surface area contributed by atoms with Crippen molar-refractivity contribution in [3.63, 3.8) is 0 Å². The van der Waals surface area contributed by atoms with Gasteiger partial charge in [0, 0.05) is 18.9 Å². The van der Waals surface area contributed by atoms with Crippen LogP contribution in [-0.2, 0) is 17.6 Å². The molecule has 0 radical (unpaired) electrons. The molecule has 1 aliphatic carbocycles. The molecule has 114 valence electrons. The van der Waals surface area contributed by atoms with E-state index >= 15 is 0 Å². The summed E-state index contributed by atoms with van der Waals surface area (Å²) in [6, 6.07) is 0.0564. The topological polar surface area (TPSA) is 74.2 Å². The molecule has 20 heavy (non-hydrogen) atoms. The van der Waals surface area contributed by atoms with Gasteiger partial charge in [-0.2, -0.15) is 4.98 Å². The first-order chi connectivity index (χ1) is 9.65. The van der Waals surface area contributed by atoms with E-state index in [4.69, 9.17) is 15.0 Å². The number of nitrogens with two attached hydrogens (primary N) is 1. The zero-order valence-electron chi connectivity index (χ0n) is 11.4. The van der Waals surface area contributed by atoms with Gasteiger partial charge in [0.2, 0.25) is 5.89 Å². The summed E-state index contributed by atoms with van der Waals surface area (Å²) in [7, 11) is 0. The summed E-state index contributed by atoms with van der Waals surface area (Å²) in [6.45, 7) is -0.394. The van der Waals surface area contributed by atoms with E-state index < -0.39 is 13.0 Å². The zero-order chi connectivity index (χ0) is 14.4. The average Bonchev–Trinajstić information content (AvgIpc) is 3.05. The van der Waals surface area contributed by atoms with Crippen molar-refractivity contribution >= 4 is 0 Å². The van der Waals surface area contributed by atoms with Gasteiger partial charge in [-0.3, -0.25) is 0 Å². The lowest BCUT2D eigenvalue weighted by molar-refractivity contribution is 0.0182. The lowest BCUT2D eigenvalue weighted by Crippen LogP contribution is -2.30. The summed E-state index contributed by atoms with van der Waals surface area (Å²) in [6.07, 6.45) is 3.34. The van der Waals surface area contributed by atoms with Crippen molar-refractivity contribution in [1.29, 1.82) is 0 Å². The molecule has 2 N–H and O–H groups in total. The Labute approximate surface area is 116 Å². The van der Waals surface area contributed by atoms with Gasteiger partial charge in [0.15, 0.2) is 5.82 Å². The number of ether oxygens (including phenoxy) is 1. The number of aromatic nitrogens is 2. The third-order valence-corrected chi connectivity index (χ3v) is 3.64. The molecule has 0 saturated heterocycles. The molecule has 2 rings (SSSR count). The summed E-state index contributed by atoms with van der Waals surface area (Å²) >= 11 is 0. The summed E-state index contributed by atoms with van der Waals surface area (Å²) < 4.78 is 33.6. The maximum absolute atomic E-state index is 11.9. The zero-order valence-corrected chi connectivity index (χ0v) is 11.4. The lowest BCUT2D eigenvalue weighted by atomic mass is 9.96. The Bertz CT molecular complexity index is 395. The Morgan fingerprint density at radius 1 is 1.35 bits per heavy atom. The Balaban J connectivity index is 1.71. The number of nitrogens with zero attached hydrogens (tertiary/aromatic N) is 2. The van der Waals surface area contributed by atoms with Crippen LogP contribution in [0.2, 0.25) is 0 Å². The standard InChI is InChI=1S/C13H21F2N3O2/c14-11(15)8-19-6-5-12-17-13(20-18-12)7-10(16)9-3-1-2-4-9/h9-11H,1-8,16H2. The first kappa shape index (κ1) is 15.3. The van der Waals surface area contributed by atoms with Gasteiger partial charge < -0.3 is 15.0 Å². The van der Waals surface area contributed by atoms with Crippen LogP contribution in [0, 0.1) is 5.92 Å². The van der Waals surface area contributed by atoms with Crippen LogP contribution in [0.25, 0.3) is 0 Å². The second-order valence-electron chi connectivity index (χ2n) is 5.23. The maximum Gasteiger partial charge on any atom is 0.261 e. The number of rotatable bonds is 8. The number of halogens is 2. The number of alkyl halides is 2. The van der Waals surface area contributed by atoms with Crippen molar-refractivity contribution in [2.24, 2.45) is 11.7 Å². The van der Waals surface area contributed by atoms with Crippen molar-refractivity contribution in [1.82, 2.24) is 10.1 Å². The molecule has 1 saturated carbocycles. The number of hydrogen-bond donors (Lipinski definition) is 1. The highest BCUT2D eigenvalue weighted by molar-refractivity contribution is 4.91. The molecule has 1 aliphatic rings. The molecule has 0 aliphatic heterocycles. The van der Waals surface area contributed by atoms with Crippen molar-refractivity contribution in [3.8, 4) is 0 Å². The molecule has 1 aromatic heterocycles. The summed E-state index contributed by atoms with van der Waals surface area (Å²) in [5.41, 5.74) is 6.14. The molecule has 1 unspecified atom stereocenters. The molecule has 1 atom stereocenters. The predicted molar refractivity (Wildman–Crippen MR) is 68.5 cm³/mol. The Hall–Kier alpha value is -1.08. The third kappa shape index (κ3) is 4.79. The molecule has 0 amide bonds. The molecule has 5 nitrogen and oxygen atoms in total. The van der Waals surface area contributed by atoms with Gasteiger partial charge in [0.1, 0.15) is 6.61 Å². The van der Waals surface area contributed by atoms with Crippen molar-refractivity contribution in [2.45, 2.75) is 51.0 Å². The highest BCUT2D eigenvalue weighted by atomic mass is 19.3. The molecule has 7 heteroatoms. The predicted octanol–water partition coefficient (Wildman–Crippen LogP) is 1.95. The molecule has 0 spiro atoms. The fourth-order valence-corrected chi connectivity index (χ4v) is 2.56. The average molecular weight is 289 g/mol. The first-order valence-electron chi connectivity index (χ1n) is 7.08. The van der Waals surface area contributed by atoms with Gasteiger partial charge in [0.25, 0.3) is 6.43 Å². The van der Waals surface area contributed by atoms with Crippen LogP contribution in [0.1, 0.15) is 37.4 Å². The monoisotopic (exact) mass is 289 g/mol. The van der Waals surface area contributed by atoms with Gasteiger partial charge in [-0.1, -0.05) is 18.0 Å². The highest BCUT2D eigenvalue weighted by Gasteiger charge is 2.23. The lowest BCUT2D eigenvalue weighted by Gasteiger charge is -2.16. The highest BCUT2D eigenvalue weighted by Crippen LogP contribution is 2.27. The second-order valence-corrected chi connectivity index (χ2v) is 5.23. The molecular weight excluding hydrogens is 268 g/mol. The van der Waals surface area contributed by atoms with Crippen molar-refractivity contribution < 1.29 is 18.0 Å². The van der Waals surface area contributed by atoms with Gasteiger partial charge in [-0.25, -0.2) is 8.78 Å². The van der Waals surface area contributed by atoms with Gasteiger partial charge in [0.05, 0.1) is 6.61 Å². The smallest absolute Gasteiger partial charge is 0.261 e. The van der Waals surface area contributed by atoms with E-state index in [1.807, 2.05) is 0 Å². The van der Waals surface area contributed by atoms with E-state index in [9.17, 15) is 8.78 Å².